The molecule has 3 aromatic rings. The summed E-state index contributed by atoms with van der Waals surface area (Å²) in [6.07, 6.45) is 1.56. The summed E-state index contributed by atoms with van der Waals surface area (Å²) in [5.74, 6) is -2.06. The molecule has 4 nitrogen and oxygen atoms in total. The molecule has 138 valence electrons. The molecule has 7 heteroatoms. The summed E-state index contributed by atoms with van der Waals surface area (Å²) in [6.45, 7) is 5.43. The molecule has 0 saturated carbocycles. The molecule has 0 N–H and O–H groups in total. The first-order valence-corrected chi connectivity index (χ1v) is 9.06. The molecule has 0 fully saturated rings. The van der Waals surface area contributed by atoms with Crippen molar-refractivity contribution in [2.75, 3.05) is 0 Å². The van der Waals surface area contributed by atoms with E-state index >= 15 is 0 Å². The molecule has 0 spiro atoms. The van der Waals surface area contributed by atoms with Gasteiger partial charge in [0.1, 0.15) is 11.6 Å². The zero-order valence-electron chi connectivity index (χ0n) is 14.5. The maximum absolute atomic E-state index is 13.9. The second-order valence-electron chi connectivity index (χ2n) is 5.86. The second-order valence-corrected chi connectivity index (χ2v) is 7.17. The number of halogens is 2. The van der Waals surface area contributed by atoms with E-state index in [1.54, 1.807) is 37.3 Å². The van der Waals surface area contributed by atoms with Gasteiger partial charge in [0, 0.05) is 6.54 Å². The molecule has 27 heavy (non-hydrogen) atoms. The maximum atomic E-state index is 13.9. The van der Waals surface area contributed by atoms with Gasteiger partial charge >= 0.3 is 0 Å². The Morgan fingerprint density at radius 1 is 1.30 bits per heavy atom. The Bertz CT molecular complexity index is 1100. The van der Waals surface area contributed by atoms with Gasteiger partial charge in [-0.05, 0) is 37.3 Å². The van der Waals surface area contributed by atoms with E-state index in [0.29, 0.717) is 16.1 Å². The fraction of sp³-hybridized carbons (Fsp3) is 0.150. The highest BCUT2D eigenvalue weighted by Gasteiger charge is 2.23. The molecular weight excluding hydrogens is 370 g/mol. The van der Waals surface area contributed by atoms with Crippen molar-refractivity contribution in [3.05, 3.63) is 82.7 Å². The first kappa shape index (κ1) is 19.0. The summed E-state index contributed by atoms with van der Waals surface area (Å²) in [6, 6.07) is 9.64. The van der Waals surface area contributed by atoms with Crippen molar-refractivity contribution in [2.24, 2.45) is 0 Å². The Labute approximate surface area is 158 Å². The maximum Gasteiger partial charge on any atom is 0.262 e. The van der Waals surface area contributed by atoms with E-state index in [1.807, 2.05) is 0 Å². The molecule has 2 aromatic carbocycles. The normalized spacial score (nSPS) is 12.1. The Kier molecular flexibility index (Phi) is 5.51. The zero-order valence-corrected chi connectivity index (χ0v) is 15.3. The lowest BCUT2D eigenvalue weighted by Crippen LogP contribution is -2.24. The quantitative estimate of drug-likeness (QED) is 0.275. The van der Waals surface area contributed by atoms with Crippen LogP contribution in [0.15, 0.2) is 65.1 Å². The minimum absolute atomic E-state index is 0.217. The van der Waals surface area contributed by atoms with Crippen molar-refractivity contribution in [3.8, 4) is 0 Å². The molecule has 0 bridgehead atoms. The minimum atomic E-state index is -0.788. The molecule has 0 saturated heterocycles. The number of carbonyl (C=O) groups is 1. The molecule has 0 radical (unpaired) electrons. The van der Waals surface area contributed by atoms with Gasteiger partial charge in [0.2, 0.25) is 0 Å². The number of hydrogen-bond donors (Lipinski definition) is 0. The Morgan fingerprint density at radius 2 is 2.04 bits per heavy atom. The Balaban J connectivity index is 2.01. The van der Waals surface area contributed by atoms with Crippen LogP contribution < -0.4 is 5.56 Å². The zero-order chi connectivity index (χ0) is 19.6. The highest BCUT2D eigenvalue weighted by atomic mass is 32.2. The van der Waals surface area contributed by atoms with Crippen LogP contribution in [0.25, 0.3) is 10.9 Å². The predicted molar refractivity (Wildman–Crippen MR) is 102 cm³/mol. The average Bonchev–Trinajstić information content (AvgIpc) is 2.66. The summed E-state index contributed by atoms with van der Waals surface area (Å²) in [7, 11) is 0. The Hall–Kier alpha value is -2.80. The van der Waals surface area contributed by atoms with Crippen LogP contribution >= 0.6 is 11.8 Å². The van der Waals surface area contributed by atoms with Gasteiger partial charge in [0.05, 0.1) is 21.7 Å². The SMILES string of the molecule is C=CCn1c(SC(C)C(=O)c2cc(F)ccc2F)nc2ccccc2c1=O. The summed E-state index contributed by atoms with van der Waals surface area (Å²) >= 11 is 1.02. The van der Waals surface area contributed by atoms with E-state index in [9.17, 15) is 18.4 Å². The first-order valence-electron chi connectivity index (χ1n) is 8.18. The lowest BCUT2D eigenvalue weighted by atomic mass is 10.1. The van der Waals surface area contributed by atoms with Crippen molar-refractivity contribution in [3.63, 3.8) is 0 Å². The standard InChI is InChI=1S/C20H16F2N2O2S/c1-3-10-24-19(26)14-6-4-5-7-17(14)23-20(24)27-12(2)18(25)15-11-13(21)8-9-16(15)22/h3-9,11-12H,1,10H2,2H3. The topological polar surface area (TPSA) is 52.0 Å². The van der Waals surface area contributed by atoms with Gasteiger partial charge in [0.15, 0.2) is 10.9 Å². The van der Waals surface area contributed by atoms with Crippen LogP contribution in [0, 0.1) is 11.6 Å². The number of fused-ring (bicyclic) bond motifs is 1. The number of allylic oxidation sites excluding steroid dienone is 1. The van der Waals surface area contributed by atoms with Crippen LogP contribution in [-0.2, 0) is 6.54 Å². The highest BCUT2D eigenvalue weighted by Crippen LogP contribution is 2.26. The number of thioether (sulfide) groups is 1. The number of nitrogens with zero attached hydrogens (tertiary/aromatic N) is 2. The number of ketones is 1. The average molecular weight is 386 g/mol. The summed E-state index contributed by atoms with van der Waals surface area (Å²) in [5, 5.41) is 0.000503. The van der Waals surface area contributed by atoms with Crippen LogP contribution in [0.2, 0.25) is 0 Å². The third-order valence-electron chi connectivity index (χ3n) is 3.98. The smallest absolute Gasteiger partial charge is 0.262 e. The third kappa shape index (κ3) is 3.83. The molecule has 0 amide bonds. The van der Waals surface area contributed by atoms with Gasteiger partial charge in [-0.2, -0.15) is 0 Å². The number of rotatable bonds is 6. The largest absolute Gasteiger partial charge is 0.293 e. The first-order chi connectivity index (χ1) is 12.9. The molecular formula is C20H16F2N2O2S. The minimum Gasteiger partial charge on any atom is -0.293 e. The number of carbonyl (C=O) groups excluding carboxylic acids is 1. The molecule has 1 atom stereocenters. The van der Waals surface area contributed by atoms with E-state index in [4.69, 9.17) is 0 Å². The van der Waals surface area contributed by atoms with Gasteiger partial charge in [-0.1, -0.05) is 30.0 Å². The lowest BCUT2D eigenvalue weighted by Gasteiger charge is -2.15. The molecule has 1 aromatic heterocycles. The van der Waals surface area contributed by atoms with Crippen LogP contribution in [0.4, 0.5) is 8.78 Å². The van der Waals surface area contributed by atoms with Gasteiger partial charge in [-0.25, -0.2) is 13.8 Å². The summed E-state index contributed by atoms with van der Waals surface area (Å²) in [5.41, 5.74) is -0.0742. The number of para-hydroxylation sites is 1. The molecule has 1 unspecified atom stereocenters. The van der Waals surface area contributed by atoms with Crippen LogP contribution in [0.3, 0.4) is 0 Å². The van der Waals surface area contributed by atoms with E-state index < -0.39 is 22.7 Å². The number of benzene rings is 2. The second kappa shape index (κ2) is 7.84. The summed E-state index contributed by atoms with van der Waals surface area (Å²) in [4.78, 5) is 29.8. The van der Waals surface area contributed by atoms with Crippen molar-refractivity contribution < 1.29 is 13.6 Å². The lowest BCUT2D eigenvalue weighted by molar-refractivity contribution is 0.0989. The number of aromatic nitrogens is 2. The Morgan fingerprint density at radius 3 is 2.78 bits per heavy atom. The van der Waals surface area contributed by atoms with Crippen LogP contribution in [-0.4, -0.2) is 20.6 Å². The van der Waals surface area contributed by atoms with E-state index in [2.05, 4.69) is 11.6 Å². The van der Waals surface area contributed by atoms with Crippen molar-refractivity contribution in [2.45, 2.75) is 23.9 Å². The number of hydrogen-bond acceptors (Lipinski definition) is 4. The highest BCUT2D eigenvalue weighted by molar-refractivity contribution is 8.00. The van der Waals surface area contributed by atoms with Gasteiger partial charge < -0.3 is 0 Å². The van der Waals surface area contributed by atoms with Crippen LogP contribution in [0.5, 0.6) is 0 Å². The van der Waals surface area contributed by atoms with Gasteiger partial charge in [0.25, 0.3) is 5.56 Å². The van der Waals surface area contributed by atoms with E-state index in [-0.39, 0.29) is 17.7 Å². The van der Waals surface area contributed by atoms with Crippen molar-refractivity contribution in [1.82, 2.24) is 9.55 Å². The van der Waals surface area contributed by atoms with Gasteiger partial charge in [-0.3, -0.25) is 14.2 Å². The van der Waals surface area contributed by atoms with E-state index in [1.165, 1.54) is 4.57 Å². The summed E-state index contributed by atoms with van der Waals surface area (Å²) < 4.78 is 28.7. The number of Topliss-reactive ketones (excluding diaryl/α,β-unsaturated/α-hetero) is 1. The fourth-order valence-electron chi connectivity index (χ4n) is 2.64. The van der Waals surface area contributed by atoms with Gasteiger partial charge in [-0.15, -0.1) is 6.58 Å². The monoisotopic (exact) mass is 386 g/mol. The molecule has 0 aliphatic heterocycles. The molecule has 3 rings (SSSR count). The predicted octanol–water partition coefficient (Wildman–Crippen LogP) is 4.22. The fourth-order valence-corrected chi connectivity index (χ4v) is 3.63. The molecule has 0 aliphatic rings. The van der Waals surface area contributed by atoms with Crippen LogP contribution in [0.1, 0.15) is 17.3 Å². The van der Waals surface area contributed by atoms with E-state index in [0.717, 1.165) is 30.0 Å². The third-order valence-corrected chi connectivity index (χ3v) is 5.07. The van der Waals surface area contributed by atoms with Crippen molar-refractivity contribution in [1.29, 1.82) is 0 Å². The molecule has 0 aliphatic carbocycles. The van der Waals surface area contributed by atoms with Crippen molar-refractivity contribution >= 4 is 28.4 Å². The molecule has 1 heterocycles.